The van der Waals surface area contributed by atoms with E-state index in [4.69, 9.17) is 0 Å². The summed E-state index contributed by atoms with van der Waals surface area (Å²) in [6.45, 7) is 0. The average Bonchev–Trinajstić information content (AvgIpc) is 3.16. The second-order valence-corrected chi connectivity index (χ2v) is 6.30. The summed E-state index contributed by atoms with van der Waals surface area (Å²) in [5.41, 5.74) is 0.762. The van der Waals surface area contributed by atoms with Crippen LogP contribution in [-0.2, 0) is 0 Å². The Bertz CT molecular complexity index is 805. The first-order valence-corrected chi connectivity index (χ1v) is 7.78. The Balaban J connectivity index is 1.78. The largest absolute Gasteiger partial charge is 0.504 e. The van der Waals surface area contributed by atoms with Crippen LogP contribution in [0.5, 0.6) is 11.5 Å². The molecule has 2 heterocycles. The molecule has 1 fully saturated rings. The number of aromatic hydroxyl groups is 2. The van der Waals surface area contributed by atoms with Crippen molar-refractivity contribution in [2.75, 3.05) is 0 Å². The van der Waals surface area contributed by atoms with Crippen molar-refractivity contribution >= 4 is 16.3 Å². The molecule has 6 nitrogen and oxygen atoms in total. The lowest BCUT2D eigenvalue weighted by molar-refractivity contribution is 0.404. The Morgan fingerprint density at radius 1 is 1.10 bits per heavy atom. The van der Waals surface area contributed by atoms with Crippen LogP contribution in [0, 0.1) is 0 Å². The van der Waals surface area contributed by atoms with Crippen molar-refractivity contribution in [1.29, 1.82) is 0 Å². The van der Waals surface area contributed by atoms with Gasteiger partial charge in [0.2, 0.25) is 4.96 Å². The molecule has 0 bridgehead atoms. The summed E-state index contributed by atoms with van der Waals surface area (Å²) in [5.74, 6) is 1.11. The molecule has 4 rings (SSSR count). The number of phenols is 2. The van der Waals surface area contributed by atoms with Gasteiger partial charge in [0.05, 0.1) is 0 Å². The molecule has 3 aromatic rings. The molecule has 2 N–H and O–H groups in total. The zero-order valence-corrected chi connectivity index (χ0v) is 12.0. The third kappa shape index (κ3) is 2.04. The van der Waals surface area contributed by atoms with Gasteiger partial charge in [-0.15, -0.1) is 10.2 Å². The smallest absolute Gasteiger partial charge is 0.234 e. The Hall–Kier alpha value is -2.15. The number of nitrogens with zero attached hydrogens (tertiary/aromatic N) is 4. The van der Waals surface area contributed by atoms with Crippen LogP contribution >= 0.6 is 11.3 Å². The van der Waals surface area contributed by atoms with Gasteiger partial charge in [0.15, 0.2) is 17.3 Å². The zero-order chi connectivity index (χ0) is 14.4. The van der Waals surface area contributed by atoms with E-state index in [0.29, 0.717) is 5.92 Å². The van der Waals surface area contributed by atoms with E-state index in [9.17, 15) is 10.2 Å². The molecule has 1 saturated carbocycles. The highest BCUT2D eigenvalue weighted by Crippen LogP contribution is 2.36. The maximum Gasteiger partial charge on any atom is 0.234 e. The van der Waals surface area contributed by atoms with Crippen LogP contribution in [0.1, 0.15) is 37.4 Å². The maximum absolute atomic E-state index is 9.61. The van der Waals surface area contributed by atoms with E-state index in [1.165, 1.54) is 36.3 Å². The monoisotopic (exact) mass is 302 g/mol. The molecule has 1 aliphatic carbocycles. The van der Waals surface area contributed by atoms with Crippen LogP contribution in [-0.4, -0.2) is 30.0 Å². The minimum atomic E-state index is -0.144. The molecule has 7 heteroatoms. The van der Waals surface area contributed by atoms with Crippen molar-refractivity contribution in [2.45, 2.75) is 31.6 Å². The summed E-state index contributed by atoms with van der Waals surface area (Å²) >= 11 is 1.43. The van der Waals surface area contributed by atoms with Gasteiger partial charge in [0.25, 0.3) is 0 Å². The molecule has 0 saturated heterocycles. The summed E-state index contributed by atoms with van der Waals surface area (Å²) in [5, 5.41) is 32.8. The fraction of sp³-hybridized carbons (Fsp3) is 0.357. The third-order valence-electron chi connectivity index (χ3n) is 3.96. The Morgan fingerprint density at radius 3 is 2.67 bits per heavy atom. The number of fused-ring (bicyclic) bond motifs is 1. The van der Waals surface area contributed by atoms with Crippen LogP contribution in [0.3, 0.4) is 0 Å². The minimum absolute atomic E-state index is 0.131. The molecule has 21 heavy (non-hydrogen) atoms. The molecule has 0 atom stereocenters. The first-order valence-electron chi connectivity index (χ1n) is 6.97. The highest BCUT2D eigenvalue weighted by molar-refractivity contribution is 7.19. The van der Waals surface area contributed by atoms with E-state index in [-0.39, 0.29) is 11.5 Å². The Morgan fingerprint density at radius 2 is 1.90 bits per heavy atom. The number of benzene rings is 1. The van der Waals surface area contributed by atoms with E-state index in [1.54, 1.807) is 6.07 Å². The lowest BCUT2D eigenvalue weighted by atomic mass is 10.1. The SMILES string of the molecule is Oc1ccc(-c2nn3c(C4CCCC4)nnc3s2)cc1O. The standard InChI is InChI=1S/C14H14N4O2S/c19-10-6-5-9(7-11(10)20)13-17-18-12(8-3-1-2-4-8)15-16-14(18)21-13/h5-8,19-20H,1-4H2. The first kappa shape index (κ1) is 12.6. The molecule has 1 aliphatic rings. The number of phenolic OH excluding ortho intramolecular Hbond substituents is 2. The van der Waals surface area contributed by atoms with Crippen molar-refractivity contribution in [3.05, 3.63) is 24.0 Å². The quantitative estimate of drug-likeness (QED) is 0.711. The number of aromatic nitrogens is 4. The van der Waals surface area contributed by atoms with Gasteiger partial charge in [0.1, 0.15) is 5.01 Å². The fourth-order valence-electron chi connectivity index (χ4n) is 2.84. The summed E-state index contributed by atoms with van der Waals surface area (Å²) in [7, 11) is 0. The summed E-state index contributed by atoms with van der Waals surface area (Å²) in [6, 6.07) is 4.71. The predicted molar refractivity (Wildman–Crippen MR) is 78.6 cm³/mol. The van der Waals surface area contributed by atoms with Gasteiger partial charge in [-0.1, -0.05) is 24.2 Å². The Kier molecular flexibility index (Phi) is 2.81. The van der Waals surface area contributed by atoms with Gasteiger partial charge in [-0.05, 0) is 31.0 Å². The van der Waals surface area contributed by atoms with Crippen molar-refractivity contribution in [3.8, 4) is 22.1 Å². The molecule has 1 aromatic carbocycles. The number of hydrogen-bond acceptors (Lipinski definition) is 6. The van der Waals surface area contributed by atoms with E-state index in [2.05, 4.69) is 15.3 Å². The van der Waals surface area contributed by atoms with E-state index in [1.807, 2.05) is 4.52 Å². The van der Waals surface area contributed by atoms with Crippen molar-refractivity contribution in [2.24, 2.45) is 0 Å². The molecular weight excluding hydrogens is 288 g/mol. The second-order valence-electron chi connectivity index (χ2n) is 5.34. The topological polar surface area (TPSA) is 83.5 Å². The van der Waals surface area contributed by atoms with Gasteiger partial charge in [-0.25, -0.2) is 0 Å². The van der Waals surface area contributed by atoms with Crippen LogP contribution in [0.15, 0.2) is 18.2 Å². The van der Waals surface area contributed by atoms with E-state index >= 15 is 0 Å². The van der Waals surface area contributed by atoms with Crippen LogP contribution in [0.2, 0.25) is 0 Å². The normalized spacial score (nSPS) is 16.0. The van der Waals surface area contributed by atoms with Gasteiger partial charge < -0.3 is 10.2 Å². The zero-order valence-electron chi connectivity index (χ0n) is 11.2. The van der Waals surface area contributed by atoms with Crippen LogP contribution in [0.4, 0.5) is 0 Å². The molecule has 108 valence electrons. The van der Waals surface area contributed by atoms with E-state index < -0.39 is 0 Å². The van der Waals surface area contributed by atoms with Gasteiger partial charge in [0, 0.05) is 11.5 Å². The van der Waals surface area contributed by atoms with Gasteiger partial charge >= 0.3 is 0 Å². The van der Waals surface area contributed by atoms with Crippen LogP contribution < -0.4 is 0 Å². The first-order chi connectivity index (χ1) is 10.2. The predicted octanol–water partition coefficient (Wildman–Crippen LogP) is 2.92. The fourth-order valence-corrected chi connectivity index (χ4v) is 3.69. The number of rotatable bonds is 2. The van der Waals surface area contributed by atoms with Crippen molar-refractivity contribution < 1.29 is 10.2 Å². The lowest BCUT2D eigenvalue weighted by Gasteiger charge is -2.03. The molecule has 0 spiro atoms. The van der Waals surface area contributed by atoms with Gasteiger partial charge in [-0.3, -0.25) is 0 Å². The highest BCUT2D eigenvalue weighted by Gasteiger charge is 2.24. The highest BCUT2D eigenvalue weighted by atomic mass is 32.1. The van der Waals surface area contributed by atoms with E-state index in [0.717, 1.165) is 34.2 Å². The maximum atomic E-state index is 9.61. The third-order valence-corrected chi connectivity index (χ3v) is 4.91. The molecule has 2 aromatic heterocycles. The number of hydrogen-bond donors (Lipinski definition) is 2. The average molecular weight is 302 g/mol. The molecule has 0 aliphatic heterocycles. The lowest BCUT2D eigenvalue weighted by Crippen LogP contribution is -2.01. The molecular formula is C14H14N4O2S. The summed E-state index contributed by atoms with van der Waals surface area (Å²) in [4.78, 5) is 0.763. The molecule has 0 amide bonds. The summed E-state index contributed by atoms with van der Waals surface area (Å²) in [6.07, 6.45) is 4.77. The molecule has 0 radical (unpaired) electrons. The second kappa shape index (κ2) is 4.70. The minimum Gasteiger partial charge on any atom is -0.504 e. The van der Waals surface area contributed by atoms with Crippen molar-refractivity contribution in [3.63, 3.8) is 0 Å². The Labute approximate surface area is 124 Å². The van der Waals surface area contributed by atoms with Crippen molar-refractivity contribution in [1.82, 2.24) is 19.8 Å². The van der Waals surface area contributed by atoms with Gasteiger partial charge in [-0.2, -0.15) is 9.61 Å². The summed E-state index contributed by atoms with van der Waals surface area (Å²) < 4.78 is 1.82. The van der Waals surface area contributed by atoms with Crippen LogP contribution in [0.25, 0.3) is 15.5 Å². The molecule has 0 unspecified atom stereocenters.